The molecule has 3 N–H and O–H groups in total. The van der Waals surface area contributed by atoms with Crippen LogP contribution >= 0.6 is 15.6 Å². The van der Waals surface area contributed by atoms with Crippen molar-refractivity contribution in [1.82, 2.24) is 0 Å². The molecule has 0 amide bonds. The van der Waals surface area contributed by atoms with Crippen molar-refractivity contribution in [3.05, 3.63) is 0 Å². The van der Waals surface area contributed by atoms with Crippen LogP contribution in [0.25, 0.3) is 0 Å². The molecule has 19 heteroatoms. The van der Waals surface area contributed by atoms with E-state index in [1.165, 1.54) is 6.42 Å². The Hall–Kier alpha value is -1.94. The van der Waals surface area contributed by atoms with E-state index in [0.29, 0.717) is 25.7 Å². The largest absolute Gasteiger partial charge is 0.472 e. The molecule has 0 rings (SSSR count). The molecular weight excluding hydrogens is 778 g/mol. The molecule has 0 aromatic heterocycles. The van der Waals surface area contributed by atoms with E-state index in [0.717, 1.165) is 70.6 Å². The first-order valence-electron chi connectivity index (χ1n) is 20.3. The van der Waals surface area contributed by atoms with Gasteiger partial charge in [-0.15, -0.1) is 0 Å². The van der Waals surface area contributed by atoms with Gasteiger partial charge in [0.25, 0.3) is 0 Å². The maximum atomic E-state index is 12.6. The van der Waals surface area contributed by atoms with Gasteiger partial charge in [-0.1, -0.05) is 105 Å². The van der Waals surface area contributed by atoms with Crippen molar-refractivity contribution in [3.8, 4) is 0 Å². The fourth-order valence-corrected chi connectivity index (χ4v) is 6.42. The molecule has 0 aliphatic heterocycles. The highest BCUT2D eigenvalue weighted by Gasteiger charge is 2.30. The van der Waals surface area contributed by atoms with Crippen molar-refractivity contribution in [1.29, 1.82) is 0 Å². The minimum atomic E-state index is -4.89. The van der Waals surface area contributed by atoms with Crippen LogP contribution in [0, 0.1) is 0 Å². The van der Waals surface area contributed by atoms with E-state index in [9.17, 15) is 43.2 Å². The number of ether oxygens (including phenoxy) is 4. The monoisotopic (exact) mass is 848 g/mol. The number of rotatable bonds is 38. The maximum Gasteiger partial charge on any atom is 0.472 e. The molecule has 0 heterocycles. The van der Waals surface area contributed by atoms with Gasteiger partial charge >= 0.3 is 39.5 Å². The lowest BCUT2D eigenvalue weighted by molar-refractivity contribution is -0.161. The molecule has 17 nitrogen and oxygen atoms in total. The van der Waals surface area contributed by atoms with Gasteiger partial charge < -0.3 is 33.8 Å². The number of hydrogen-bond donors (Lipinski definition) is 3. The van der Waals surface area contributed by atoms with Crippen molar-refractivity contribution in [2.24, 2.45) is 0 Å². The van der Waals surface area contributed by atoms with Crippen LogP contribution in [0.4, 0.5) is 0 Å². The standard InChI is InChI=1S/C37H70O17P2/c1-5-9-13-15-16-17-20-23-35(40)48-28-33(54-37(42)24-19-14-10-6-2)30-52-56(45,46)50-26-31(38)25-49-55(43,44)51-29-32(53-36(41)21-12-8-4)27-47-34(39)22-18-11-7-3/h31-33,38H,5-30H2,1-4H3,(H,43,44)(H,45,46)/t31-,32+,33+/m0/s1. The van der Waals surface area contributed by atoms with Gasteiger partial charge in [-0.25, -0.2) is 9.13 Å². The Morgan fingerprint density at radius 3 is 1.16 bits per heavy atom. The highest BCUT2D eigenvalue weighted by molar-refractivity contribution is 7.47. The van der Waals surface area contributed by atoms with Crippen molar-refractivity contribution in [2.45, 2.75) is 174 Å². The third-order valence-electron chi connectivity index (χ3n) is 8.10. The summed E-state index contributed by atoms with van der Waals surface area (Å²) in [5.74, 6) is -2.26. The molecule has 2 unspecified atom stereocenters. The zero-order valence-corrected chi connectivity index (χ0v) is 35.9. The van der Waals surface area contributed by atoms with Crippen LogP contribution in [-0.4, -0.2) is 96.7 Å². The predicted octanol–water partition coefficient (Wildman–Crippen LogP) is 7.41. The summed E-state index contributed by atoms with van der Waals surface area (Å²) >= 11 is 0. The second-order valence-corrected chi connectivity index (χ2v) is 16.5. The van der Waals surface area contributed by atoms with Crippen LogP contribution in [0.3, 0.4) is 0 Å². The Morgan fingerprint density at radius 2 is 0.732 bits per heavy atom. The summed E-state index contributed by atoms with van der Waals surface area (Å²) in [6.45, 7) is 4.03. The first-order valence-corrected chi connectivity index (χ1v) is 23.3. The topological polar surface area (TPSA) is 237 Å². The van der Waals surface area contributed by atoms with Crippen LogP contribution in [0.1, 0.15) is 156 Å². The lowest BCUT2D eigenvalue weighted by Gasteiger charge is -2.21. The lowest BCUT2D eigenvalue weighted by Crippen LogP contribution is -2.30. The van der Waals surface area contributed by atoms with Crippen LogP contribution in [-0.2, 0) is 65.4 Å². The van der Waals surface area contributed by atoms with Gasteiger partial charge in [0.1, 0.15) is 19.3 Å². The Morgan fingerprint density at radius 1 is 0.429 bits per heavy atom. The summed E-state index contributed by atoms with van der Waals surface area (Å²) in [6, 6.07) is 0. The van der Waals surface area contributed by atoms with Crippen molar-refractivity contribution in [2.75, 3.05) is 39.6 Å². The van der Waals surface area contributed by atoms with Crippen molar-refractivity contribution < 1.29 is 80.2 Å². The summed E-state index contributed by atoms with van der Waals surface area (Å²) in [4.78, 5) is 69.3. The van der Waals surface area contributed by atoms with Crippen molar-refractivity contribution in [3.63, 3.8) is 0 Å². The SMILES string of the molecule is CCCCCCCCCC(=O)OC[C@H](COP(=O)(O)OC[C@@H](O)COP(=O)(O)OC[C@@H](COC(=O)CCCCC)OC(=O)CCCC)OC(=O)CCCCCC. The molecule has 0 bridgehead atoms. The second-order valence-electron chi connectivity index (χ2n) is 13.6. The zero-order chi connectivity index (χ0) is 42.1. The third-order valence-corrected chi connectivity index (χ3v) is 10.0. The summed E-state index contributed by atoms with van der Waals surface area (Å²) in [6.07, 6.45) is 10.3. The molecule has 5 atom stereocenters. The minimum Gasteiger partial charge on any atom is -0.462 e. The van der Waals surface area contributed by atoms with Gasteiger partial charge in [0, 0.05) is 25.7 Å². The van der Waals surface area contributed by atoms with Gasteiger partial charge in [-0.3, -0.25) is 37.3 Å². The molecule has 0 aromatic rings. The Balaban J connectivity index is 5.00. The Kier molecular flexibility index (Phi) is 32.8. The molecular formula is C37H70O17P2. The minimum absolute atomic E-state index is 0.0765. The number of carbonyl (C=O) groups excluding carboxylic acids is 4. The highest BCUT2D eigenvalue weighted by Crippen LogP contribution is 2.45. The van der Waals surface area contributed by atoms with E-state index >= 15 is 0 Å². The van der Waals surface area contributed by atoms with Gasteiger partial charge in [0.15, 0.2) is 12.2 Å². The van der Waals surface area contributed by atoms with Crippen LogP contribution < -0.4 is 0 Å². The molecule has 0 saturated heterocycles. The lowest BCUT2D eigenvalue weighted by atomic mass is 10.1. The first-order chi connectivity index (χ1) is 26.7. The molecule has 0 aromatic carbocycles. The van der Waals surface area contributed by atoms with Gasteiger partial charge in [-0.2, -0.15) is 0 Å². The first kappa shape index (κ1) is 54.1. The fraction of sp³-hybridized carbons (Fsp3) is 0.892. The van der Waals surface area contributed by atoms with E-state index in [1.807, 2.05) is 20.8 Å². The number of phosphoric acid groups is 2. The number of esters is 4. The van der Waals surface area contributed by atoms with E-state index in [-0.39, 0.29) is 25.7 Å². The number of hydrogen-bond acceptors (Lipinski definition) is 15. The van der Waals surface area contributed by atoms with Crippen LogP contribution in [0.2, 0.25) is 0 Å². The summed E-state index contributed by atoms with van der Waals surface area (Å²) in [7, 11) is -9.77. The molecule has 0 aliphatic rings. The van der Waals surface area contributed by atoms with Crippen molar-refractivity contribution >= 4 is 39.5 Å². The smallest absolute Gasteiger partial charge is 0.462 e. The number of phosphoric ester groups is 2. The average molecular weight is 849 g/mol. The van der Waals surface area contributed by atoms with E-state index in [4.69, 9.17) is 37.0 Å². The Labute approximate surface area is 333 Å². The number of aliphatic hydroxyl groups excluding tert-OH is 1. The molecule has 0 aliphatic carbocycles. The van der Waals surface area contributed by atoms with E-state index in [2.05, 4.69) is 6.92 Å². The molecule has 0 spiro atoms. The Bertz CT molecular complexity index is 1150. The zero-order valence-electron chi connectivity index (χ0n) is 34.1. The summed E-state index contributed by atoms with van der Waals surface area (Å²) in [5, 5.41) is 10.2. The summed E-state index contributed by atoms with van der Waals surface area (Å²) < 4.78 is 65.5. The number of carbonyl (C=O) groups is 4. The normalized spacial score (nSPS) is 15.2. The quantitative estimate of drug-likeness (QED) is 0.0237. The molecule has 330 valence electrons. The van der Waals surface area contributed by atoms with Crippen LogP contribution in [0.5, 0.6) is 0 Å². The van der Waals surface area contributed by atoms with Crippen LogP contribution in [0.15, 0.2) is 0 Å². The second kappa shape index (κ2) is 34.0. The molecule has 0 radical (unpaired) electrons. The van der Waals surface area contributed by atoms with Gasteiger partial charge in [0.2, 0.25) is 0 Å². The molecule has 0 fully saturated rings. The van der Waals surface area contributed by atoms with Gasteiger partial charge in [-0.05, 0) is 25.7 Å². The van der Waals surface area contributed by atoms with E-state index < -0.39 is 97.5 Å². The molecule has 0 saturated carbocycles. The highest BCUT2D eigenvalue weighted by atomic mass is 31.2. The number of aliphatic hydroxyl groups is 1. The third kappa shape index (κ3) is 33.1. The predicted molar refractivity (Wildman–Crippen MR) is 206 cm³/mol. The summed E-state index contributed by atoms with van der Waals surface area (Å²) in [5.41, 5.74) is 0. The van der Waals surface area contributed by atoms with Gasteiger partial charge in [0.05, 0.1) is 26.4 Å². The van der Waals surface area contributed by atoms with E-state index in [1.54, 1.807) is 0 Å². The average Bonchev–Trinajstić information content (AvgIpc) is 3.16. The molecule has 56 heavy (non-hydrogen) atoms. The maximum absolute atomic E-state index is 12.6. The fourth-order valence-electron chi connectivity index (χ4n) is 4.84. The number of unbranched alkanes of at least 4 members (excludes halogenated alkanes) is 12.